The Bertz CT molecular complexity index is 786. The number of carbonyl (C=O) groups is 3. The van der Waals surface area contributed by atoms with E-state index < -0.39 is 29.9 Å². The highest BCUT2D eigenvalue weighted by Crippen LogP contribution is 2.28. The summed E-state index contributed by atoms with van der Waals surface area (Å²) in [6.45, 7) is 5.21. The first kappa shape index (κ1) is 17.5. The van der Waals surface area contributed by atoms with Crippen LogP contribution in [0, 0.1) is 0 Å². The van der Waals surface area contributed by atoms with Crippen molar-refractivity contribution >= 4 is 34.6 Å². The van der Waals surface area contributed by atoms with E-state index in [9.17, 15) is 14.4 Å². The Hall–Kier alpha value is -2.83. The Labute approximate surface area is 139 Å². The van der Waals surface area contributed by atoms with Crippen LogP contribution in [-0.4, -0.2) is 35.5 Å². The summed E-state index contributed by atoms with van der Waals surface area (Å²) in [6.07, 6.45) is -1.11. The Balaban J connectivity index is 2.38. The Morgan fingerprint density at radius 2 is 1.83 bits per heavy atom. The van der Waals surface area contributed by atoms with Crippen molar-refractivity contribution in [2.75, 3.05) is 12.4 Å². The fourth-order valence-corrected chi connectivity index (χ4v) is 2.22. The molecule has 0 spiro atoms. The Morgan fingerprint density at radius 1 is 1.17 bits per heavy atom. The largest absolute Gasteiger partial charge is 0.469 e. The van der Waals surface area contributed by atoms with Gasteiger partial charge in [0.1, 0.15) is 17.8 Å². The molecule has 2 rings (SSSR count). The van der Waals surface area contributed by atoms with E-state index in [2.05, 4.69) is 15.0 Å². The number of hydrogen-bond acceptors (Lipinski definition) is 5. The van der Waals surface area contributed by atoms with E-state index in [4.69, 9.17) is 4.74 Å². The second-order valence-corrected chi connectivity index (χ2v) is 6.22. The second-order valence-electron chi connectivity index (χ2n) is 6.22. The molecule has 24 heavy (non-hydrogen) atoms. The van der Waals surface area contributed by atoms with Crippen LogP contribution in [0.2, 0.25) is 0 Å². The normalized spacial score (nSPS) is 11.2. The van der Waals surface area contributed by atoms with Crippen LogP contribution in [0.15, 0.2) is 24.3 Å². The average molecular weight is 332 g/mol. The van der Waals surface area contributed by atoms with Crippen molar-refractivity contribution in [3.05, 3.63) is 29.8 Å². The maximum atomic E-state index is 12.5. The summed E-state index contributed by atoms with van der Waals surface area (Å²) >= 11 is 0. The van der Waals surface area contributed by atoms with Gasteiger partial charge in [-0.05, 0) is 26.8 Å². The minimum absolute atomic E-state index is 0.194. The number of carbonyl (C=O) groups excluding carboxylic acids is 3. The zero-order valence-electron chi connectivity index (χ0n) is 14.1. The van der Waals surface area contributed by atoms with Gasteiger partial charge in [0.15, 0.2) is 5.78 Å². The van der Waals surface area contributed by atoms with Crippen LogP contribution in [0.5, 0.6) is 0 Å². The van der Waals surface area contributed by atoms with Crippen molar-refractivity contribution in [2.45, 2.75) is 32.8 Å². The monoisotopic (exact) mass is 332 g/mol. The van der Waals surface area contributed by atoms with Crippen LogP contribution in [0.4, 0.5) is 10.6 Å². The number of aromatic nitrogens is 1. The number of Topliss-reactive ketones (excluding diaryl/α,β-unsaturated/α-hetero) is 1. The summed E-state index contributed by atoms with van der Waals surface area (Å²) in [4.78, 5) is 38.8. The highest BCUT2D eigenvalue weighted by Gasteiger charge is 2.24. The molecule has 1 heterocycles. The predicted octanol–water partition coefficient (Wildman–Crippen LogP) is 3.26. The van der Waals surface area contributed by atoms with Crippen molar-refractivity contribution in [1.29, 1.82) is 0 Å². The summed E-state index contributed by atoms with van der Waals surface area (Å²) in [7, 11) is 1.21. The first-order chi connectivity index (χ1) is 11.2. The van der Waals surface area contributed by atoms with E-state index in [-0.39, 0.29) is 11.4 Å². The summed E-state index contributed by atoms with van der Waals surface area (Å²) in [5, 5.41) is 3.15. The SMILES string of the molecule is COC(=O)CC(=O)c1c(NC(=O)OC(C)(C)C)[nH]c2ccccc12. The number of para-hydroxylation sites is 1. The van der Waals surface area contributed by atoms with Gasteiger partial charge in [0.2, 0.25) is 0 Å². The van der Waals surface area contributed by atoms with Gasteiger partial charge in [-0.1, -0.05) is 18.2 Å². The molecule has 0 saturated heterocycles. The van der Waals surface area contributed by atoms with E-state index in [0.717, 1.165) is 0 Å². The summed E-state index contributed by atoms with van der Waals surface area (Å²) in [5.41, 5.74) is 0.213. The number of hydrogen-bond donors (Lipinski definition) is 2. The number of fused-ring (bicyclic) bond motifs is 1. The van der Waals surface area contributed by atoms with Crippen molar-refractivity contribution in [3.63, 3.8) is 0 Å². The molecule has 0 unspecified atom stereocenters. The predicted molar refractivity (Wildman–Crippen MR) is 89.1 cm³/mol. The molecule has 7 nitrogen and oxygen atoms in total. The molecule has 1 amide bonds. The van der Waals surface area contributed by atoms with E-state index >= 15 is 0 Å². The van der Waals surface area contributed by atoms with Crippen LogP contribution in [0.3, 0.4) is 0 Å². The molecular weight excluding hydrogens is 312 g/mol. The molecule has 1 aromatic carbocycles. The van der Waals surface area contributed by atoms with Crippen molar-refractivity contribution < 1.29 is 23.9 Å². The van der Waals surface area contributed by atoms with Gasteiger partial charge in [0.25, 0.3) is 0 Å². The van der Waals surface area contributed by atoms with Gasteiger partial charge in [-0.3, -0.25) is 14.9 Å². The molecule has 0 saturated carbocycles. The van der Waals surface area contributed by atoms with Gasteiger partial charge in [-0.2, -0.15) is 0 Å². The van der Waals surface area contributed by atoms with Crippen LogP contribution >= 0.6 is 0 Å². The lowest BCUT2D eigenvalue weighted by molar-refractivity contribution is -0.139. The lowest BCUT2D eigenvalue weighted by atomic mass is 10.1. The molecule has 2 N–H and O–H groups in total. The van der Waals surface area contributed by atoms with Crippen molar-refractivity contribution in [3.8, 4) is 0 Å². The third-order valence-corrected chi connectivity index (χ3v) is 3.14. The lowest BCUT2D eigenvalue weighted by Gasteiger charge is -2.19. The number of methoxy groups -OCH3 is 1. The maximum absolute atomic E-state index is 12.5. The average Bonchev–Trinajstić information content (AvgIpc) is 2.82. The highest BCUT2D eigenvalue weighted by molar-refractivity contribution is 6.18. The van der Waals surface area contributed by atoms with Gasteiger partial charge in [0, 0.05) is 10.9 Å². The van der Waals surface area contributed by atoms with E-state index in [1.54, 1.807) is 45.0 Å². The number of H-pyrrole nitrogens is 1. The number of amides is 1. The minimum atomic E-state index is -0.693. The maximum Gasteiger partial charge on any atom is 0.413 e. The molecule has 0 aliphatic heterocycles. The van der Waals surface area contributed by atoms with Crippen LogP contribution in [0.1, 0.15) is 37.6 Å². The number of esters is 1. The molecule has 0 atom stereocenters. The quantitative estimate of drug-likeness (QED) is 0.509. The van der Waals surface area contributed by atoms with Crippen LogP contribution in [0.25, 0.3) is 10.9 Å². The van der Waals surface area contributed by atoms with Crippen LogP contribution in [-0.2, 0) is 14.3 Å². The van der Waals surface area contributed by atoms with Crippen molar-refractivity contribution in [1.82, 2.24) is 4.98 Å². The minimum Gasteiger partial charge on any atom is -0.469 e. The van der Waals surface area contributed by atoms with E-state index in [0.29, 0.717) is 10.9 Å². The van der Waals surface area contributed by atoms with Gasteiger partial charge < -0.3 is 14.5 Å². The molecule has 0 fully saturated rings. The highest BCUT2D eigenvalue weighted by atomic mass is 16.6. The number of nitrogens with one attached hydrogen (secondary N) is 2. The molecule has 0 bridgehead atoms. The topological polar surface area (TPSA) is 97.5 Å². The fraction of sp³-hybridized carbons (Fsp3) is 0.353. The number of ether oxygens (including phenoxy) is 2. The van der Waals surface area contributed by atoms with E-state index in [1.807, 2.05) is 0 Å². The number of anilines is 1. The first-order valence-corrected chi connectivity index (χ1v) is 7.42. The molecule has 0 radical (unpaired) electrons. The molecular formula is C17H20N2O5. The number of rotatable bonds is 4. The standard InChI is InChI=1S/C17H20N2O5/c1-17(2,3)24-16(22)19-15-14(12(20)9-13(21)23-4)10-7-5-6-8-11(10)18-15/h5-8,18H,9H2,1-4H3,(H,19,22). The molecule has 2 aromatic rings. The number of ketones is 1. The number of aromatic amines is 1. The summed E-state index contributed by atoms with van der Waals surface area (Å²) in [6, 6.07) is 7.06. The smallest absolute Gasteiger partial charge is 0.413 e. The van der Waals surface area contributed by atoms with Crippen LogP contribution < -0.4 is 5.32 Å². The summed E-state index contributed by atoms with van der Waals surface area (Å²) < 4.78 is 9.74. The first-order valence-electron chi connectivity index (χ1n) is 7.42. The number of benzene rings is 1. The molecule has 1 aromatic heterocycles. The molecule has 128 valence electrons. The Kier molecular flexibility index (Phi) is 4.92. The van der Waals surface area contributed by atoms with Gasteiger partial charge in [0.05, 0.1) is 12.7 Å². The van der Waals surface area contributed by atoms with Crippen molar-refractivity contribution in [2.24, 2.45) is 0 Å². The second kappa shape index (κ2) is 6.74. The fourth-order valence-electron chi connectivity index (χ4n) is 2.22. The third kappa shape index (κ3) is 4.13. The van der Waals surface area contributed by atoms with E-state index in [1.165, 1.54) is 7.11 Å². The molecule has 0 aliphatic carbocycles. The summed E-state index contributed by atoms with van der Waals surface area (Å²) in [5.74, 6) is -0.904. The Morgan fingerprint density at radius 3 is 2.46 bits per heavy atom. The zero-order chi connectivity index (χ0) is 17.9. The van der Waals surface area contributed by atoms with Gasteiger partial charge in [-0.25, -0.2) is 4.79 Å². The lowest BCUT2D eigenvalue weighted by Crippen LogP contribution is -2.27. The third-order valence-electron chi connectivity index (χ3n) is 3.14. The zero-order valence-corrected chi connectivity index (χ0v) is 14.1. The van der Waals surface area contributed by atoms with Gasteiger partial charge in [-0.15, -0.1) is 0 Å². The molecule has 0 aliphatic rings. The van der Waals surface area contributed by atoms with Gasteiger partial charge >= 0.3 is 12.1 Å². The molecule has 7 heteroatoms.